The van der Waals surface area contributed by atoms with Crippen LogP contribution in [0.2, 0.25) is 5.02 Å². The molecule has 6 heteroatoms. The predicted molar refractivity (Wildman–Crippen MR) is 84.5 cm³/mol. The molecule has 0 unspecified atom stereocenters. The van der Waals surface area contributed by atoms with Crippen molar-refractivity contribution < 1.29 is 13.2 Å². The van der Waals surface area contributed by atoms with E-state index < -0.39 is 9.84 Å². The normalized spacial score (nSPS) is 11.3. The van der Waals surface area contributed by atoms with E-state index in [1.54, 1.807) is 24.3 Å². The first kappa shape index (κ1) is 15.7. The van der Waals surface area contributed by atoms with Crippen molar-refractivity contribution in [2.45, 2.75) is 11.3 Å². The minimum absolute atomic E-state index is 0.0000799. The highest BCUT2D eigenvalue weighted by molar-refractivity contribution is 7.91. The Morgan fingerprint density at radius 1 is 1.10 bits per heavy atom. The highest BCUT2D eigenvalue weighted by atomic mass is 35.5. The summed E-state index contributed by atoms with van der Waals surface area (Å²) >= 11 is 5.81. The third-order valence-corrected chi connectivity index (χ3v) is 4.92. The van der Waals surface area contributed by atoms with Gasteiger partial charge in [-0.05, 0) is 36.8 Å². The molecule has 2 aromatic rings. The van der Waals surface area contributed by atoms with E-state index in [2.05, 4.69) is 0 Å². The molecule has 2 N–H and O–H groups in total. The third kappa shape index (κ3) is 4.37. The van der Waals surface area contributed by atoms with Gasteiger partial charge in [0.05, 0.1) is 22.9 Å². The van der Waals surface area contributed by atoms with Crippen molar-refractivity contribution in [3.8, 4) is 5.75 Å². The second-order valence-electron chi connectivity index (χ2n) is 4.52. The predicted octanol–water partition coefficient (Wildman–Crippen LogP) is 3.17. The van der Waals surface area contributed by atoms with E-state index in [0.29, 0.717) is 22.9 Å². The zero-order chi connectivity index (χ0) is 15.3. The molecule has 0 bridgehead atoms. The summed E-state index contributed by atoms with van der Waals surface area (Å²) in [6.45, 7) is 0.286. The highest BCUT2D eigenvalue weighted by Crippen LogP contribution is 2.20. The molecule has 0 radical (unpaired) electrons. The van der Waals surface area contributed by atoms with Crippen molar-refractivity contribution in [1.29, 1.82) is 0 Å². The molecule has 2 aromatic carbocycles. The summed E-state index contributed by atoms with van der Waals surface area (Å²) in [7, 11) is -3.34. The first-order valence-electron chi connectivity index (χ1n) is 6.45. The summed E-state index contributed by atoms with van der Waals surface area (Å²) in [6.07, 6.45) is 0.378. The van der Waals surface area contributed by atoms with Crippen molar-refractivity contribution in [1.82, 2.24) is 0 Å². The van der Waals surface area contributed by atoms with Crippen LogP contribution in [0, 0.1) is 0 Å². The van der Waals surface area contributed by atoms with Gasteiger partial charge in [-0.25, -0.2) is 8.42 Å². The number of para-hydroxylation sites is 2. The Hall–Kier alpha value is -1.72. The van der Waals surface area contributed by atoms with Crippen molar-refractivity contribution in [3.05, 3.63) is 53.6 Å². The molecule has 2 rings (SSSR count). The average molecular weight is 326 g/mol. The Morgan fingerprint density at radius 3 is 2.57 bits per heavy atom. The van der Waals surface area contributed by atoms with E-state index in [4.69, 9.17) is 22.1 Å². The SMILES string of the molecule is Nc1ccccc1OCCCS(=O)(=O)c1cccc(Cl)c1. The van der Waals surface area contributed by atoms with E-state index in [1.807, 2.05) is 12.1 Å². The Labute approximate surface area is 129 Å². The molecule has 0 aliphatic heterocycles. The number of benzene rings is 2. The average Bonchev–Trinajstić information content (AvgIpc) is 2.45. The van der Waals surface area contributed by atoms with Gasteiger partial charge in [-0.1, -0.05) is 29.8 Å². The molecule has 0 fully saturated rings. The first-order valence-corrected chi connectivity index (χ1v) is 8.48. The fourth-order valence-corrected chi connectivity index (χ4v) is 3.40. The van der Waals surface area contributed by atoms with E-state index >= 15 is 0 Å². The summed E-state index contributed by atoms with van der Waals surface area (Å²) in [5.74, 6) is 0.567. The van der Waals surface area contributed by atoms with Crippen LogP contribution < -0.4 is 10.5 Å². The van der Waals surface area contributed by atoms with Crippen LogP contribution in [0.15, 0.2) is 53.4 Å². The van der Waals surface area contributed by atoms with Crippen LogP contribution in [0.3, 0.4) is 0 Å². The summed E-state index contributed by atoms with van der Waals surface area (Å²) in [6, 6.07) is 13.4. The van der Waals surface area contributed by atoms with Gasteiger partial charge in [0.1, 0.15) is 5.75 Å². The summed E-state index contributed by atoms with van der Waals surface area (Å²) < 4.78 is 29.7. The summed E-state index contributed by atoms with van der Waals surface area (Å²) in [5.41, 5.74) is 6.28. The maximum absolute atomic E-state index is 12.1. The van der Waals surface area contributed by atoms with Gasteiger partial charge in [0.25, 0.3) is 0 Å². The number of hydrogen-bond donors (Lipinski definition) is 1. The van der Waals surface area contributed by atoms with Gasteiger partial charge >= 0.3 is 0 Å². The van der Waals surface area contributed by atoms with Gasteiger partial charge in [0.15, 0.2) is 9.84 Å². The number of halogens is 1. The van der Waals surface area contributed by atoms with Crippen LogP contribution in [0.25, 0.3) is 0 Å². The smallest absolute Gasteiger partial charge is 0.178 e. The molecule has 112 valence electrons. The maximum Gasteiger partial charge on any atom is 0.178 e. The minimum atomic E-state index is -3.34. The van der Waals surface area contributed by atoms with Crippen molar-refractivity contribution in [3.63, 3.8) is 0 Å². The largest absolute Gasteiger partial charge is 0.491 e. The van der Waals surface area contributed by atoms with Crippen molar-refractivity contribution in [2.24, 2.45) is 0 Å². The van der Waals surface area contributed by atoms with Crippen LogP contribution in [0.1, 0.15) is 6.42 Å². The molecule has 21 heavy (non-hydrogen) atoms. The molecular weight excluding hydrogens is 310 g/mol. The molecule has 0 atom stereocenters. The number of sulfone groups is 1. The van der Waals surface area contributed by atoms with E-state index in [-0.39, 0.29) is 17.3 Å². The lowest BCUT2D eigenvalue weighted by molar-refractivity contribution is 0.319. The molecule has 4 nitrogen and oxygen atoms in total. The van der Waals surface area contributed by atoms with Crippen LogP contribution in [-0.2, 0) is 9.84 Å². The zero-order valence-corrected chi connectivity index (χ0v) is 12.9. The van der Waals surface area contributed by atoms with Crippen LogP contribution in [-0.4, -0.2) is 20.8 Å². The zero-order valence-electron chi connectivity index (χ0n) is 11.3. The van der Waals surface area contributed by atoms with Crippen molar-refractivity contribution in [2.75, 3.05) is 18.1 Å². The number of nitrogen functional groups attached to an aromatic ring is 1. The Balaban J connectivity index is 1.90. The number of rotatable bonds is 6. The van der Waals surface area contributed by atoms with Gasteiger partial charge in [-0.2, -0.15) is 0 Å². The number of ether oxygens (including phenoxy) is 1. The number of hydrogen-bond acceptors (Lipinski definition) is 4. The third-order valence-electron chi connectivity index (χ3n) is 2.89. The fraction of sp³-hybridized carbons (Fsp3) is 0.200. The molecule has 0 spiro atoms. The van der Waals surface area contributed by atoms with Crippen LogP contribution in [0.5, 0.6) is 5.75 Å². The van der Waals surface area contributed by atoms with Gasteiger partial charge in [0, 0.05) is 5.02 Å². The number of nitrogens with two attached hydrogens (primary N) is 1. The molecular formula is C15H16ClNO3S. The molecule has 0 amide bonds. The molecule has 0 aliphatic rings. The van der Waals surface area contributed by atoms with Crippen LogP contribution in [0.4, 0.5) is 5.69 Å². The lowest BCUT2D eigenvalue weighted by atomic mass is 10.3. The monoisotopic (exact) mass is 325 g/mol. The maximum atomic E-state index is 12.1. The first-order chi connectivity index (χ1) is 9.99. The summed E-state index contributed by atoms with van der Waals surface area (Å²) in [4.78, 5) is 0.231. The standard InChI is InChI=1S/C15H16ClNO3S/c16-12-5-3-6-13(11-12)21(18,19)10-4-9-20-15-8-2-1-7-14(15)17/h1-3,5-8,11H,4,9-10,17H2. The van der Waals surface area contributed by atoms with E-state index in [1.165, 1.54) is 12.1 Å². The van der Waals surface area contributed by atoms with Crippen molar-refractivity contribution >= 4 is 27.1 Å². The second kappa shape index (κ2) is 6.83. The molecule has 0 saturated carbocycles. The van der Waals surface area contributed by atoms with Crippen LogP contribution >= 0.6 is 11.6 Å². The number of anilines is 1. The molecule has 0 saturated heterocycles. The van der Waals surface area contributed by atoms with E-state index in [9.17, 15) is 8.42 Å². The van der Waals surface area contributed by atoms with Gasteiger partial charge in [0.2, 0.25) is 0 Å². The minimum Gasteiger partial charge on any atom is -0.491 e. The quantitative estimate of drug-likeness (QED) is 0.654. The topological polar surface area (TPSA) is 69.4 Å². The summed E-state index contributed by atoms with van der Waals surface area (Å²) in [5, 5.41) is 0.407. The lowest BCUT2D eigenvalue weighted by Crippen LogP contribution is -2.11. The Morgan fingerprint density at radius 2 is 1.86 bits per heavy atom. The van der Waals surface area contributed by atoms with E-state index in [0.717, 1.165) is 0 Å². The molecule has 0 aromatic heterocycles. The highest BCUT2D eigenvalue weighted by Gasteiger charge is 2.14. The lowest BCUT2D eigenvalue weighted by Gasteiger charge is -2.09. The fourth-order valence-electron chi connectivity index (χ4n) is 1.82. The van der Waals surface area contributed by atoms with Gasteiger partial charge < -0.3 is 10.5 Å². The molecule has 0 heterocycles. The van der Waals surface area contributed by atoms with Gasteiger partial charge in [-0.3, -0.25) is 0 Å². The second-order valence-corrected chi connectivity index (χ2v) is 7.06. The Bertz CT molecular complexity index is 716. The molecule has 0 aliphatic carbocycles. The Kier molecular flexibility index (Phi) is 5.09. The van der Waals surface area contributed by atoms with Gasteiger partial charge in [-0.15, -0.1) is 0 Å².